The molecule has 0 atom stereocenters. The number of para-hydroxylation sites is 2. The number of hydrazone groups is 1. The predicted molar refractivity (Wildman–Crippen MR) is 148 cm³/mol. The molecular formula is C27H24N4O5S2. The number of fused-ring (bicyclic) bond motifs is 3. The molecule has 9 nitrogen and oxygen atoms in total. The van der Waals surface area contributed by atoms with E-state index in [1.165, 1.54) is 22.9 Å². The lowest BCUT2D eigenvalue weighted by Gasteiger charge is -2.13. The topological polar surface area (TPSA) is 123 Å². The van der Waals surface area contributed by atoms with Crippen LogP contribution in [-0.4, -0.2) is 45.1 Å². The lowest BCUT2D eigenvalue weighted by Crippen LogP contribution is -2.24. The highest BCUT2D eigenvalue weighted by Crippen LogP contribution is 2.35. The number of nitrogens with zero attached hydrogens (tertiary/aromatic N) is 3. The maximum Gasteiger partial charge on any atom is 0.341 e. The van der Waals surface area contributed by atoms with Crippen LogP contribution in [0.4, 0.5) is 0 Å². The molecule has 11 heteroatoms. The molecule has 2 aromatic carbocycles. The largest absolute Gasteiger partial charge is 0.481 e. The minimum Gasteiger partial charge on any atom is -0.481 e. The molecule has 0 saturated carbocycles. The van der Waals surface area contributed by atoms with Gasteiger partial charge in [0.1, 0.15) is 10.6 Å². The number of carbonyl (C=O) groups is 2. The molecule has 194 valence electrons. The molecule has 0 bridgehead atoms. The number of carboxylic acids is 1. The number of carbonyl (C=O) groups excluding carboxylic acids is 1. The number of nitrogens with one attached hydrogen (secondary N) is 1. The second-order valence-electron chi connectivity index (χ2n) is 8.56. The number of thioether (sulfide) groups is 1. The summed E-state index contributed by atoms with van der Waals surface area (Å²) in [5, 5.41) is 13.9. The Morgan fingerprint density at radius 2 is 1.89 bits per heavy atom. The Hall–Kier alpha value is -3.96. The van der Waals surface area contributed by atoms with E-state index in [-0.39, 0.29) is 17.2 Å². The average molecular weight is 549 g/mol. The minimum atomic E-state index is -1.09. The van der Waals surface area contributed by atoms with Crippen LogP contribution in [0.2, 0.25) is 0 Å². The van der Waals surface area contributed by atoms with Gasteiger partial charge in [0.25, 0.3) is 11.5 Å². The van der Waals surface area contributed by atoms with Gasteiger partial charge in [-0.1, -0.05) is 42.1 Å². The number of benzene rings is 2. The monoisotopic (exact) mass is 548 g/mol. The molecule has 2 aromatic heterocycles. The van der Waals surface area contributed by atoms with E-state index >= 15 is 0 Å². The predicted octanol–water partition coefficient (Wildman–Crippen LogP) is 4.03. The van der Waals surface area contributed by atoms with Gasteiger partial charge in [0.15, 0.2) is 11.8 Å². The third-order valence-electron chi connectivity index (χ3n) is 5.97. The van der Waals surface area contributed by atoms with Gasteiger partial charge in [0.2, 0.25) is 0 Å². The van der Waals surface area contributed by atoms with Crippen molar-refractivity contribution in [3.63, 3.8) is 0 Å². The lowest BCUT2D eigenvalue weighted by molar-refractivity contribution is -0.139. The molecule has 1 aliphatic carbocycles. The molecule has 2 N–H and O–H groups in total. The van der Waals surface area contributed by atoms with Gasteiger partial charge in [-0.2, -0.15) is 5.10 Å². The van der Waals surface area contributed by atoms with Crippen molar-refractivity contribution in [2.75, 3.05) is 12.4 Å². The van der Waals surface area contributed by atoms with Gasteiger partial charge in [-0.15, -0.1) is 11.3 Å². The number of carboxylic acid groups (broad SMARTS) is 1. The smallest absolute Gasteiger partial charge is 0.341 e. The van der Waals surface area contributed by atoms with Crippen LogP contribution in [0.3, 0.4) is 0 Å². The first-order chi connectivity index (χ1) is 18.5. The van der Waals surface area contributed by atoms with E-state index in [0.29, 0.717) is 32.4 Å². The molecule has 5 rings (SSSR count). The fraction of sp³-hybridized carbons (Fsp3) is 0.222. The number of amides is 1. The normalized spacial score (nSPS) is 12.9. The SMILES string of the molecule is O=C(O)COc1ccccc1C=NNC(=O)CSc1nc2sc3c(c2c(=O)n1-c1ccccc1)CCCC3. The maximum atomic E-state index is 13.7. The van der Waals surface area contributed by atoms with Crippen molar-refractivity contribution in [2.45, 2.75) is 30.8 Å². The second-order valence-corrected chi connectivity index (χ2v) is 10.6. The van der Waals surface area contributed by atoms with Crippen LogP contribution >= 0.6 is 23.1 Å². The molecule has 0 fully saturated rings. The van der Waals surface area contributed by atoms with Crippen molar-refractivity contribution in [3.8, 4) is 11.4 Å². The number of aromatic nitrogens is 2. The molecule has 1 aliphatic rings. The molecule has 0 unspecified atom stereocenters. The van der Waals surface area contributed by atoms with E-state index in [9.17, 15) is 14.4 Å². The molecular weight excluding hydrogens is 524 g/mol. The number of aryl methyl sites for hydroxylation is 2. The van der Waals surface area contributed by atoms with E-state index in [1.54, 1.807) is 40.2 Å². The zero-order chi connectivity index (χ0) is 26.5. The number of aliphatic carboxylic acids is 1. The van der Waals surface area contributed by atoms with Crippen LogP contribution in [0.5, 0.6) is 5.75 Å². The maximum absolute atomic E-state index is 13.7. The number of hydrogen-bond acceptors (Lipinski definition) is 8. The van der Waals surface area contributed by atoms with Crippen LogP contribution < -0.4 is 15.7 Å². The zero-order valence-electron chi connectivity index (χ0n) is 20.3. The van der Waals surface area contributed by atoms with Gasteiger partial charge in [-0.05, 0) is 55.5 Å². The fourth-order valence-corrected chi connectivity index (χ4v) is 6.39. The van der Waals surface area contributed by atoms with Crippen molar-refractivity contribution in [1.82, 2.24) is 15.0 Å². The first-order valence-corrected chi connectivity index (χ1v) is 13.8. The second kappa shape index (κ2) is 11.6. The first-order valence-electron chi connectivity index (χ1n) is 12.0. The fourth-order valence-electron chi connectivity index (χ4n) is 4.28. The van der Waals surface area contributed by atoms with Crippen LogP contribution in [0.25, 0.3) is 15.9 Å². The number of ether oxygens (including phenoxy) is 1. The Balaban J connectivity index is 1.35. The van der Waals surface area contributed by atoms with Gasteiger partial charge in [-0.25, -0.2) is 15.2 Å². The standard InChI is InChI=1S/C27H24N4O5S2/c32-22(30-28-14-17-8-4-6-12-20(17)36-15-23(33)34)16-37-27-29-25-24(19-11-5-7-13-21(19)38-25)26(35)31(27)18-9-2-1-3-10-18/h1-4,6,8-10,12,14H,5,7,11,13,15-16H2,(H,30,32)(H,33,34). The highest BCUT2D eigenvalue weighted by Gasteiger charge is 2.23. The Morgan fingerprint density at radius 1 is 1.13 bits per heavy atom. The van der Waals surface area contributed by atoms with Gasteiger partial charge in [0, 0.05) is 10.4 Å². The Morgan fingerprint density at radius 3 is 2.71 bits per heavy atom. The Bertz CT molecular complexity index is 1580. The van der Waals surface area contributed by atoms with Crippen LogP contribution in [0, 0.1) is 0 Å². The first kappa shape index (κ1) is 25.7. The molecule has 38 heavy (non-hydrogen) atoms. The molecule has 0 radical (unpaired) electrons. The molecule has 2 heterocycles. The zero-order valence-corrected chi connectivity index (χ0v) is 21.9. The summed E-state index contributed by atoms with van der Waals surface area (Å²) in [6.45, 7) is -0.485. The molecule has 0 spiro atoms. The van der Waals surface area contributed by atoms with Crippen molar-refractivity contribution >= 4 is 51.4 Å². The van der Waals surface area contributed by atoms with Gasteiger partial charge >= 0.3 is 5.97 Å². The number of rotatable bonds is 9. The summed E-state index contributed by atoms with van der Waals surface area (Å²) < 4.78 is 6.83. The third kappa shape index (κ3) is 5.63. The quantitative estimate of drug-likeness (QED) is 0.140. The van der Waals surface area contributed by atoms with Crippen molar-refractivity contribution in [1.29, 1.82) is 0 Å². The summed E-state index contributed by atoms with van der Waals surface area (Å²) >= 11 is 2.74. The van der Waals surface area contributed by atoms with E-state index in [2.05, 4.69) is 10.5 Å². The number of thiophene rings is 1. The summed E-state index contributed by atoms with van der Waals surface area (Å²) in [7, 11) is 0. The van der Waals surface area contributed by atoms with Crippen LogP contribution in [-0.2, 0) is 22.4 Å². The summed E-state index contributed by atoms with van der Waals surface area (Å²) in [6.07, 6.45) is 5.43. The Kier molecular flexibility index (Phi) is 7.85. The summed E-state index contributed by atoms with van der Waals surface area (Å²) in [5.74, 6) is -1.14. The highest BCUT2D eigenvalue weighted by atomic mass is 32.2. The van der Waals surface area contributed by atoms with E-state index in [1.807, 2.05) is 30.3 Å². The van der Waals surface area contributed by atoms with Crippen molar-refractivity contribution < 1.29 is 19.4 Å². The number of hydrogen-bond donors (Lipinski definition) is 2. The van der Waals surface area contributed by atoms with Crippen LogP contribution in [0.15, 0.2) is 69.6 Å². The molecule has 0 aliphatic heterocycles. The molecule has 1 amide bonds. The van der Waals surface area contributed by atoms with E-state index < -0.39 is 12.6 Å². The van der Waals surface area contributed by atoms with E-state index in [0.717, 1.165) is 31.2 Å². The summed E-state index contributed by atoms with van der Waals surface area (Å²) in [6, 6.07) is 16.1. The summed E-state index contributed by atoms with van der Waals surface area (Å²) in [4.78, 5) is 43.9. The minimum absolute atomic E-state index is 0.00955. The highest BCUT2D eigenvalue weighted by molar-refractivity contribution is 7.99. The lowest BCUT2D eigenvalue weighted by atomic mass is 9.97. The van der Waals surface area contributed by atoms with Gasteiger partial charge in [-0.3, -0.25) is 14.2 Å². The molecule has 4 aromatic rings. The van der Waals surface area contributed by atoms with Gasteiger partial charge < -0.3 is 9.84 Å². The van der Waals surface area contributed by atoms with Gasteiger partial charge in [0.05, 0.1) is 23.0 Å². The van der Waals surface area contributed by atoms with Crippen molar-refractivity contribution in [3.05, 3.63) is 81.0 Å². The van der Waals surface area contributed by atoms with Crippen molar-refractivity contribution in [2.24, 2.45) is 5.10 Å². The van der Waals surface area contributed by atoms with Crippen LogP contribution in [0.1, 0.15) is 28.8 Å². The summed E-state index contributed by atoms with van der Waals surface area (Å²) in [5.41, 5.74) is 4.70. The molecule has 0 saturated heterocycles. The van der Waals surface area contributed by atoms with E-state index in [4.69, 9.17) is 14.8 Å². The average Bonchev–Trinajstić information content (AvgIpc) is 3.30. The Labute approximate surface area is 226 Å². The third-order valence-corrected chi connectivity index (χ3v) is 8.09.